The summed E-state index contributed by atoms with van der Waals surface area (Å²) >= 11 is 0. The van der Waals surface area contributed by atoms with Crippen LogP contribution in [0.1, 0.15) is 30.0 Å². The highest BCUT2D eigenvalue weighted by Gasteiger charge is 2.25. The first kappa shape index (κ1) is 24.3. The highest BCUT2D eigenvalue weighted by molar-refractivity contribution is 6.16. The first-order valence-electron chi connectivity index (χ1n) is 12.6. The summed E-state index contributed by atoms with van der Waals surface area (Å²) in [5, 5.41) is 7.00. The van der Waals surface area contributed by atoms with Crippen LogP contribution in [0.25, 0.3) is 10.9 Å². The average molecular weight is 494 g/mol. The molecule has 1 aromatic heterocycles. The van der Waals surface area contributed by atoms with Crippen molar-refractivity contribution in [3.8, 4) is 0 Å². The molecule has 188 valence electrons. The first-order valence-corrected chi connectivity index (χ1v) is 12.6. The Hall–Kier alpha value is -4.39. The minimum Gasteiger partial charge on any atom is -0.370 e. The lowest BCUT2D eigenvalue weighted by Gasteiger charge is -2.24. The third-order valence-corrected chi connectivity index (χ3v) is 6.73. The summed E-state index contributed by atoms with van der Waals surface area (Å²) in [7, 11) is 2.00. The molecular formula is C30H31N5O2. The van der Waals surface area contributed by atoms with Crippen LogP contribution in [0.2, 0.25) is 0 Å². The summed E-state index contributed by atoms with van der Waals surface area (Å²) < 4.78 is 0. The molecule has 5 rings (SSSR count). The van der Waals surface area contributed by atoms with Crippen LogP contribution in [0, 0.1) is 0 Å². The van der Waals surface area contributed by atoms with E-state index >= 15 is 0 Å². The van der Waals surface area contributed by atoms with Gasteiger partial charge in [0.15, 0.2) is 0 Å². The van der Waals surface area contributed by atoms with E-state index < -0.39 is 12.2 Å². The van der Waals surface area contributed by atoms with Crippen molar-refractivity contribution < 1.29 is 9.59 Å². The van der Waals surface area contributed by atoms with Crippen molar-refractivity contribution in [1.82, 2.24) is 15.6 Å². The largest absolute Gasteiger partial charge is 0.370 e. The molecule has 37 heavy (non-hydrogen) atoms. The Bertz CT molecular complexity index is 1440. The number of carbonyl (C=O) groups is 2. The molecule has 3 aromatic carbocycles. The van der Waals surface area contributed by atoms with Crippen molar-refractivity contribution in [3.05, 3.63) is 102 Å². The molecule has 7 heteroatoms. The predicted octanol–water partition coefficient (Wildman–Crippen LogP) is 4.03. The van der Waals surface area contributed by atoms with Crippen molar-refractivity contribution >= 4 is 34.1 Å². The molecule has 2 amide bonds. The second-order valence-electron chi connectivity index (χ2n) is 9.41. The number of aliphatic imine (C=N–C) groups is 1. The van der Waals surface area contributed by atoms with Crippen LogP contribution in [-0.2, 0) is 16.0 Å². The Morgan fingerprint density at radius 1 is 1.03 bits per heavy atom. The topological polar surface area (TPSA) is 89.6 Å². The fourth-order valence-corrected chi connectivity index (χ4v) is 4.79. The van der Waals surface area contributed by atoms with Crippen LogP contribution in [0.15, 0.2) is 90.1 Å². The van der Waals surface area contributed by atoms with Gasteiger partial charge in [0, 0.05) is 47.4 Å². The molecule has 0 spiro atoms. The number of anilines is 1. The molecule has 2 heterocycles. The minimum absolute atomic E-state index is 0.160. The number of hydrogen-bond donors (Lipinski definition) is 3. The number of aromatic nitrogens is 1. The van der Waals surface area contributed by atoms with Gasteiger partial charge in [-0.1, -0.05) is 66.7 Å². The number of likely N-dealkylation sites (N-methyl/N-ethyl adjacent to an activating group) is 1. The number of amides is 2. The summed E-state index contributed by atoms with van der Waals surface area (Å²) in [5.41, 5.74) is 6.04. The van der Waals surface area contributed by atoms with Gasteiger partial charge in [-0.25, -0.2) is 0 Å². The molecule has 1 aliphatic rings. The Morgan fingerprint density at radius 3 is 2.59 bits per heavy atom. The van der Waals surface area contributed by atoms with E-state index in [2.05, 4.69) is 32.7 Å². The number of nitrogens with one attached hydrogen (secondary N) is 3. The Labute approximate surface area is 216 Å². The van der Waals surface area contributed by atoms with E-state index in [9.17, 15) is 9.59 Å². The maximum absolute atomic E-state index is 13.1. The van der Waals surface area contributed by atoms with Crippen molar-refractivity contribution in [2.45, 2.75) is 32.0 Å². The van der Waals surface area contributed by atoms with Crippen molar-refractivity contribution in [1.29, 1.82) is 0 Å². The van der Waals surface area contributed by atoms with Crippen LogP contribution >= 0.6 is 0 Å². The average Bonchev–Trinajstić information content (AvgIpc) is 3.27. The van der Waals surface area contributed by atoms with Crippen LogP contribution in [0.3, 0.4) is 0 Å². The maximum atomic E-state index is 13.1. The fourth-order valence-electron chi connectivity index (χ4n) is 4.79. The number of rotatable bonds is 7. The molecule has 0 saturated carbocycles. The number of H-pyrrole nitrogens is 1. The number of carbonyl (C=O) groups excluding carboxylic acids is 2. The molecule has 1 aliphatic heterocycles. The number of fused-ring (bicyclic) bond motifs is 2. The maximum Gasteiger partial charge on any atom is 0.243 e. The van der Waals surface area contributed by atoms with E-state index in [0.717, 1.165) is 39.0 Å². The van der Waals surface area contributed by atoms with E-state index in [4.69, 9.17) is 4.99 Å². The monoisotopic (exact) mass is 493 g/mol. The van der Waals surface area contributed by atoms with Crippen LogP contribution < -0.4 is 15.5 Å². The number of hydrogen-bond acceptors (Lipinski definition) is 4. The molecule has 2 atom stereocenters. The smallest absolute Gasteiger partial charge is 0.243 e. The number of benzene rings is 3. The highest BCUT2D eigenvalue weighted by atomic mass is 16.2. The van der Waals surface area contributed by atoms with Crippen molar-refractivity contribution in [2.24, 2.45) is 4.99 Å². The summed E-state index contributed by atoms with van der Waals surface area (Å²) in [6, 6.07) is 25.5. The SMILES string of the molecule is C[C@H](NC(=O)CCc1c[nH]c2ccccc12)C(=O)N[C@@H]1CN(C)c2ccccc2C(c2ccccc2)=N1. The molecule has 7 nitrogen and oxygen atoms in total. The molecule has 3 N–H and O–H groups in total. The Kier molecular flexibility index (Phi) is 7.03. The van der Waals surface area contributed by atoms with E-state index in [1.807, 2.05) is 80.0 Å². The lowest BCUT2D eigenvalue weighted by atomic mass is 10.0. The van der Waals surface area contributed by atoms with Gasteiger partial charge in [0.1, 0.15) is 12.2 Å². The van der Waals surface area contributed by atoms with Gasteiger partial charge in [0.05, 0.1) is 12.3 Å². The number of para-hydroxylation sites is 2. The molecule has 0 saturated heterocycles. The van der Waals surface area contributed by atoms with Gasteiger partial charge in [-0.2, -0.15) is 0 Å². The highest BCUT2D eigenvalue weighted by Crippen LogP contribution is 2.26. The Morgan fingerprint density at radius 2 is 1.76 bits per heavy atom. The van der Waals surface area contributed by atoms with Gasteiger partial charge in [-0.3, -0.25) is 14.6 Å². The lowest BCUT2D eigenvalue weighted by Crippen LogP contribution is -2.50. The zero-order chi connectivity index (χ0) is 25.8. The zero-order valence-corrected chi connectivity index (χ0v) is 21.1. The first-order chi connectivity index (χ1) is 18.0. The fraction of sp³-hybridized carbons (Fsp3) is 0.233. The number of nitrogens with zero attached hydrogens (tertiary/aromatic N) is 2. The predicted molar refractivity (Wildman–Crippen MR) is 148 cm³/mol. The number of aryl methyl sites for hydroxylation is 1. The van der Waals surface area contributed by atoms with E-state index in [0.29, 0.717) is 19.4 Å². The summed E-state index contributed by atoms with van der Waals surface area (Å²) in [4.78, 5) is 36.0. The molecule has 0 bridgehead atoms. The van der Waals surface area contributed by atoms with Gasteiger partial charge in [-0.15, -0.1) is 0 Å². The number of aromatic amines is 1. The van der Waals surface area contributed by atoms with Crippen LogP contribution in [-0.4, -0.2) is 48.3 Å². The summed E-state index contributed by atoms with van der Waals surface area (Å²) in [5.74, 6) is -0.423. The molecule has 4 aromatic rings. The Balaban J connectivity index is 1.25. The standard InChI is InChI=1S/C30H31N5O2/c1-20(32-28(36)17-16-22-18-31-25-14-8-6-12-23(22)25)30(37)34-27-19-35(2)26-15-9-7-13-24(26)29(33-27)21-10-4-3-5-11-21/h3-15,18,20,27,31H,16-17,19H2,1-2H3,(H,32,36)(H,34,37)/t20-,27+/m0/s1. The molecule has 0 aliphatic carbocycles. The van der Waals surface area contributed by atoms with Gasteiger partial charge in [0.2, 0.25) is 11.8 Å². The van der Waals surface area contributed by atoms with Crippen LogP contribution in [0.4, 0.5) is 5.69 Å². The minimum atomic E-state index is -0.679. The molecule has 0 fully saturated rings. The third kappa shape index (κ3) is 5.40. The van der Waals surface area contributed by atoms with Crippen molar-refractivity contribution in [3.63, 3.8) is 0 Å². The third-order valence-electron chi connectivity index (χ3n) is 6.73. The normalized spacial score (nSPS) is 15.9. The van der Waals surface area contributed by atoms with Crippen molar-refractivity contribution in [2.75, 3.05) is 18.5 Å². The molecule has 0 unspecified atom stereocenters. The zero-order valence-electron chi connectivity index (χ0n) is 21.1. The van der Waals surface area contributed by atoms with E-state index in [-0.39, 0.29) is 11.8 Å². The second kappa shape index (κ2) is 10.7. The second-order valence-corrected chi connectivity index (χ2v) is 9.41. The summed E-state index contributed by atoms with van der Waals surface area (Å²) in [6.45, 7) is 2.22. The van der Waals surface area contributed by atoms with E-state index in [1.165, 1.54) is 0 Å². The molecular weight excluding hydrogens is 462 g/mol. The molecule has 0 radical (unpaired) electrons. The van der Waals surface area contributed by atoms with Gasteiger partial charge in [0.25, 0.3) is 0 Å². The van der Waals surface area contributed by atoms with Crippen LogP contribution in [0.5, 0.6) is 0 Å². The summed E-state index contributed by atoms with van der Waals surface area (Å²) in [6.07, 6.45) is 2.38. The van der Waals surface area contributed by atoms with E-state index in [1.54, 1.807) is 6.92 Å². The van der Waals surface area contributed by atoms with Gasteiger partial charge < -0.3 is 20.5 Å². The number of benzodiazepines with no additional fused rings is 1. The lowest BCUT2D eigenvalue weighted by molar-refractivity contribution is -0.128. The van der Waals surface area contributed by atoms with Gasteiger partial charge >= 0.3 is 0 Å². The van der Waals surface area contributed by atoms with Gasteiger partial charge in [-0.05, 0) is 31.0 Å². The quantitative estimate of drug-likeness (QED) is 0.363.